The van der Waals surface area contributed by atoms with Crippen molar-refractivity contribution in [1.29, 1.82) is 0 Å². The van der Waals surface area contributed by atoms with Crippen molar-refractivity contribution in [3.8, 4) is 0 Å². The van der Waals surface area contributed by atoms with Crippen LogP contribution in [0.4, 0.5) is 18.0 Å². The predicted octanol–water partition coefficient (Wildman–Crippen LogP) is 2.98. The average Bonchev–Trinajstić information content (AvgIpc) is 2.56. The molecule has 108 valence electrons. The molecule has 8 heteroatoms. The Hall–Kier alpha value is -1.73. The lowest BCUT2D eigenvalue weighted by atomic mass is 10.2. The monoisotopic (exact) mass is 280 g/mol. The molecule has 0 aliphatic carbocycles. The predicted molar refractivity (Wildman–Crippen MR) is 59.3 cm³/mol. The minimum absolute atomic E-state index is 0.263. The van der Waals surface area contributed by atoms with E-state index in [1.54, 1.807) is 0 Å². The molecule has 0 amide bonds. The van der Waals surface area contributed by atoms with Gasteiger partial charge in [0.15, 0.2) is 0 Å². The topological polar surface area (TPSA) is 53.4 Å². The first-order valence-electron chi connectivity index (χ1n) is 5.44. The number of hydrogen-bond donors (Lipinski definition) is 0. The van der Waals surface area contributed by atoms with E-state index < -0.39 is 24.0 Å². The van der Waals surface area contributed by atoms with E-state index in [4.69, 9.17) is 4.74 Å². The standard InChI is InChI=1S/C11H15F3N2O3/c1-10(2,3)19-9(17)18-8(11(12,13)14)7-5-15-16(4)6-7/h5-6,8H,1-4H3. The lowest BCUT2D eigenvalue weighted by Gasteiger charge is -2.23. The average molecular weight is 280 g/mol. The maximum absolute atomic E-state index is 12.8. The highest BCUT2D eigenvalue weighted by Crippen LogP contribution is 2.36. The summed E-state index contributed by atoms with van der Waals surface area (Å²) in [6.45, 7) is 4.59. The number of nitrogens with zero attached hydrogens (tertiary/aromatic N) is 2. The first-order chi connectivity index (χ1) is 8.49. The molecule has 1 heterocycles. The maximum atomic E-state index is 12.8. The number of aryl methyl sites for hydroxylation is 1. The fourth-order valence-corrected chi connectivity index (χ4v) is 1.27. The second kappa shape index (κ2) is 5.10. The molecule has 1 atom stereocenters. The van der Waals surface area contributed by atoms with Crippen molar-refractivity contribution in [2.24, 2.45) is 7.05 Å². The number of ether oxygens (including phenoxy) is 2. The van der Waals surface area contributed by atoms with Gasteiger partial charge in [0.05, 0.1) is 6.20 Å². The second-order valence-electron chi connectivity index (χ2n) is 4.95. The zero-order valence-electron chi connectivity index (χ0n) is 11.0. The molecule has 5 nitrogen and oxygen atoms in total. The van der Waals surface area contributed by atoms with Crippen molar-refractivity contribution >= 4 is 6.16 Å². The van der Waals surface area contributed by atoms with Crippen LogP contribution < -0.4 is 0 Å². The van der Waals surface area contributed by atoms with Crippen LogP contribution in [0.5, 0.6) is 0 Å². The SMILES string of the molecule is Cn1cc(C(OC(=O)OC(C)(C)C)C(F)(F)F)cn1. The Balaban J connectivity index is 2.86. The van der Waals surface area contributed by atoms with Gasteiger partial charge < -0.3 is 9.47 Å². The van der Waals surface area contributed by atoms with Gasteiger partial charge in [-0.15, -0.1) is 0 Å². The smallest absolute Gasteiger partial charge is 0.429 e. The molecule has 0 spiro atoms. The molecule has 1 rings (SSSR count). The van der Waals surface area contributed by atoms with Crippen molar-refractivity contribution in [2.75, 3.05) is 0 Å². The quantitative estimate of drug-likeness (QED) is 0.781. The normalized spacial score (nSPS) is 14.1. The Morgan fingerprint density at radius 2 is 1.95 bits per heavy atom. The summed E-state index contributed by atoms with van der Waals surface area (Å²) in [5.74, 6) is 0. The molecule has 1 aromatic rings. The molecule has 0 aliphatic heterocycles. The molecule has 0 aromatic carbocycles. The largest absolute Gasteiger partial charge is 0.509 e. The summed E-state index contributed by atoms with van der Waals surface area (Å²) < 4.78 is 48.8. The van der Waals surface area contributed by atoms with Gasteiger partial charge in [0, 0.05) is 18.8 Å². The number of carbonyl (C=O) groups excluding carboxylic acids is 1. The fraction of sp³-hybridized carbons (Fsp3) is 0.636. The third-order valence-corrected chi connectivity index (χ3v) is 1.93. The van der Waals surface area contributed by atoms with Gasteiger partial charge in [-0.3, -0.25) is 4.68 Å². The maximum Gasteiger partial charge on any atom is 0.509 e. The molecule has 0 N–H and O–H groups in total. The lowest BCUT2D eigenvalue weighted by molar-refractivity contribution is -0.214. The van der Waals surface area contributed by atoms with E-state index in [9.17, 15) is 18.0 Å². The molecule has 0 radical (unpaired) electrons. The number of hydrogen-bond acceptors (Lipinski definition) is 4. The van der Waals surface area contributed by atoms with Crippen molar-refractivity contribution in [3.63, 3.8) is 0 Å². The fourth-order valence-electron chi connectivity index (χ4n) is 1.27. The molecule has 0 aliphatic rings. The Bertz CT molecular complexity index is 449. The lowest BCUT2D eigenvalue weighted by Crippen LogP contribution is -2.30. The van der Waals surface area contributed by atoms with Crippen LogP contribution in [0, 0.1) is 0 Å². The Morgan fingerprint density at radius 3 is 2.32 bits per heavy atom. The molecule has 0 bridgehead atoms. The van der Waals surface area contributed by atoms with Crippen molar-refractivity contribution in [1.82, 2.24) is 9.78 Å². The van der Waals surface area contributed by atoms with E-state index in [1.807, 2.05) is 0 Å². The van der Waals surface area contributed by atoms with E-state index in [2.05, 4.69) is 9.84 Å². The number of alkyl halides is 3. The molecule has 0 fully saturated rings. The number of rotatable bonds is 2. The van der Waals surface area contributed by atoms with E-state index in [-0.39, 0.29) is 5.56 Å². The van der Waals surface area contributed by atoms with Gasteiger partial charge in [0.1, 0.15) is 5.60 Å². The minimum atomic E-state index is -4.74. The molecular formula is C11H15F3N2O3. The van der Waals surface area contributed by atoms with E-state index in [1.165, 1.54) is 32.5 Å². The summed E-state index contributed by atoms with van der Waals surface area (Å²) in [6.07, 6.45) is -6.39. The minimum Gasteiger partial charge on any atom is -0.429 e. The van der Waals surface area contributed by atoms with Crippen LogP contribution in [0.15, 0.2) is 12.4 Å². The van der Waals surface area contributed by atoms with Crippen LogP contribution in [-0.2, 0) is 16.5 Å². The number of halogens is 3. The van der Waals surface area contributed by atoms with Crippen molar-refractivity contribution in [2.45, 2.75) is 38.7 Å². The summed E-state index contributed by atoms with van der Waals surface area (Å²) in [5, 5.41) is 3.62. The molecule has 19 heavy (non-hydrogen) atoms. The van der Waals surface area contributed by atoms with Crippen molar-refractivity contribution in [3.05, 3.63) is 18.0 Å². The first kappa shape index (κ1) is 15.3. The summed E-state index contributed by atoms with van der Waals surface area (Å²) in [6, 6.07) is 0. The highest BCUT2D eigenvalue weighted by atomic mass is 19.4. The molecule has 0 saturated heterocycles. The second-order valence-corrected chi connectivity index (χ2v) is 4.95. The Kier molecular flexibility index (Phi) is 4.12. The van der Waals surface area contributed by atoms with Crippen LogP contribution in [0.3, 0.4) is 0 Å². The first-order valence-corrected chi connectivity index (χ1v) is 5.44. The van der Waals surface area contributed by atoms with Gasteiger partial charge in [-0.25, -0.2) is 4.79 Å². The van der Waals surface area contributed by atoms with Crippen molar-refractivity contribution < 1.29 is 27.4 Å². The summed E-state index contributed by atoms with van der Waals surface area (Å²) in [4.78, 5) is 11.3. The summed E-state index contributed by atoms with van der Waals surface area (Å²) in [5.41, 5.74) is -1.19. The van der Waals surface area contributed by atoms with E-state index >= 15 is 0 Å². The third-order valence-electron chi connectivity index (χ3n) is 1.93. The van der Waals surface area contributed by atoms with Crippen LogP contribution in [0.1, 0.15) is 32.4 Å². The molecule has 1 aromatic heterocycles. The van der Waals surface area contributed by atoms with Gasteiger partial charge in [0.2, 0.25) is 6.10 Å². The highest BCUT2D eigenvalue weighted by Gasteiger charge is 2.45. The summed E-state index contributed by atoms with van der Waals surface area (Å²) in [7, 11) is 1.46. The van der Waals surface area contributed by atoms with Gasteiger partial charge in [0.25, 0.3) is 0 Å². The van der Waals surface area contributed by atoms with E-state index in [0.717, 1.165) is 12.4 Å². The molecular weight excluding hydrogens is 265 g/mol. The zero-order chi connectivity index (χ0) is 14.8. The van der Waals surface area contributed by atoms with Crippen LogP contribution in [0.25, 0.3) is 0 Å². The third kappa shape index (κ3) is 4.80. The Labute approximate surface area is 108 Å². The van der Waals surface area contributed by atoms with Crippen LogP contribution in [-0.4, -0.2) is 27.7 Å². The van der Waals surface area contributed by atoms with Gasteiger partial charge in [-0.2, -0.15) is 18.3 Å². The number of carbonyl (C=O) groups is 1. The van der Waals surface area contributed by atoms with Gasteiger partial charge >= 0.3 is 12.3 Å². The van der Waals surface area contributed by atoms with Gasteiger partial charge in [-0.05, 0) is 20.8 Å². The van der Waals surface area contributed by atoms with Gasteiger partial charge in [-0.1, -0.05) is 0 Å². The molecule has 0 saturated carbocycles. The summed E-state index contributed by atoms with van der Waals surface area (Å²) >= 11 is 0. The number of aromatic nitrogens is 2. The van der Waals surface area contributed by atoms with E-state index in [0.29, 0.717) is 0 Å². The van der Waals surface area contributed by atoms with Crippen LogP contribution >= 0.6 is 0 Å². The van der Waals surface area contributed by atoms with Crippen LogP contribution in [0.2, 0.25) is 0 Å². The Morgan fingerprint density at radius 1 is 1.37 bits per heavy atom. The molecule has 1 unspecified atom stereocenters. The highest BCUT2D eigenvalue weighted by molar-refractivity contribution is 5.61. The zero-order valence-corrected chi connectivity index (χ0v) is 11.0.